The van der Waals surface area contributed by atoms with E-state index in [2.05, 4.69) is 15.8 Å². The van der Waals surface area contributed by atoms with Crippen LogP contribution in [0.2, 0.25) is 5.02 Å². The lowest BCUT2D eigenvalue weighted by molar-refractivity contribution is -0.136. The van der Waals surface area contributed by atoms with Gasteiger partial charge in [0, 0.05) is 5.69 Å². The van der Waals surface area contributed by atoms with Crippen LogP contribution in [0, 0.1) is 5.82 Å². The van der Waals surface area contributed by atoms with Crippen molar-refractivity contribution < 1.29 is 18.7 Å². The number of benzene rings is 2. The topological polar surface area (TPSA) is 79.8 Å². The summed E-state index contributed by atoms with van der Waals surface area (Å²) in [6.45, 7) is 0. The molecule has 2 aromatic rings. The number of ether oxygens (including phenoxy) is 1. The zero-order chi connectivity index (χ0) is 17.5. The van der Waals surface area contributed by atoms with Gasteiger partial charge in [0.15, 0.2) is 0 Å². The molecule has 0 aromatic heterocycles. The van der Waals surface area contributed by atoms with Crippen molar-refractivity contribution in [2.24, 2.45) is 5.10 Å². The second kappa shape index (κ2) is 8.07. The third-order valence-corrected chi connectivity index (χ3v) is 3.17. The van der Waals surface area contributed by atoms with Crippen molar-refractivity contribution in [1.82, 2.24) is 5.43 Å². The predicted octanol–water partition coefficient (Wildman–Crippen LogP) is 2.58. The number of halogens is 2. The van der Waals surface area contributed by atoms with E-state index in [0.29, 0.717) is 11.3 Å². The van der Waals surface area contributed by atoms with Gasteiger partial charge in [-0.15, -0.1) is 0 Å². The largest absolute Gasteiger partial charge is 0.497 e. The first-order chi connectivity index (χ1) is 11.5. The maximum atomic E-state index is 13.0. The fourth-order valence-corrected chi connectivity index (χ4v) is 1.85. The molecule has 2 aromatic carbocycles. The number of hydrogen-bond donors (Lipinski definition) is 2. The molecule has 0 saturated carbocycles. The van der Waals surface area contributed by atoms with E-state index < -0.39 is 17.6 Å². The Morgan fingerprint density at radius 2 is 1.88 bits per heavy atom. The van der Waals surface area contributed by atoms with Gasteiger partial charge in [0.1, 0.15) is 11.6 Å². The smallest absolute Gasteiger partial charge is 0.329 e. The van der Waals surface area contributed by atoms with E-state index in [4.69, 9.17) is 16.3 Å². The molecule has 2 rings (SSSR count). The molecule has 24 heavy (non-hydrogen) atoms. The van der Waals surface area contributed by atoms with Crippen molar-refractivity contribution in [1.29, 1.82) is 0 Å². The molecule has 2 amide bonds. The van der Waals surface area contributed by atoms with Crippen LogP contribution in [0.25, 0.3) is 0 Å². The lowest BCUT2D eigenvalue weighted by atomic mass is 10.2. The third kappa shape index (κ3) is 4.79. The van der Waals surface area contributed by atoms with Gasteiger partial charge in [0.05, 0.1) is 18.3 Å². The number of hydrazone groups is 1. The second-order valence-corrected chi connectivity index (χ2v) is 4.96. The monoisotopic (exact) mass is 349 g/mol. The molecule has 0 fully saturated rings. The van der Waals surface area contributed by atoms with E-state index in [1.165, 1.54) is 18.3 Å². The van der Waals surface area contributed by atoms with Gasteiger partial charge in [-0.3, -0.25) is 9.59 Å². The molecule has 0 bridgehead atoms. The third-order valence-electron chi connectivity index (χ3n) is 2.88. The zero-order valence-corrected chi connectivity index (χ0v) is 13.3. The van der Waals surface area contributed by atoms with E-state index in [1.807, 2.05) is 0 Å². The van der Waals surface area contributed by atoms with Crippen LogP contribution in [0.5, 0.6) is 5.75 Å². The maximum Gasteiger partial charge on any atom is 0.329 e. The Kier molecular flexibility index (Phi) is 5.86. The first-order valence-corrected chi connectivity index (χ1v) is 7.11. The highest BCUT2D eigenvalue weighted by molar-refractivity contribution is 6.39. The van der Waals surface area contributed by atoms with Crippen LogP contribution < -0.4 is 15.5 Å². The van der Waals surface area contributed by atoms with Crippen molar-refractivity contribution in [3.8, 4) is 5.75 Å². The van der Waals surface area contributed by atoms with Gasteiger partial charge in [0.2, 0.25) is 0 Å². The van der Waals surface area contributed by atoms with Crippen LogP contribution in [-0.2, 0) is 9.59 Å². The normalized spacial score (nSPS) is 10.5. The summed E-state index contributed by atoms with van der Waals surface area (Å²) in [4.78, 5) is 23.3. The molecule has 0 saturated heterocycles. The molecule has 8 heteroatoms. The molecule has 0 spiro atoms. The minimum absolute atomic E-state index is 0.161. The van der Waals surface area contributed by atoms with Gasteiger partial charge < -0.3 is 10.1 Å². The van der Waals surface area contributed by atoms with Crippen molar-refractivity contribution in [2.75, 3.05) is 12.4 Å². The van der Waals surface area contributed by atoms with Gasteiger partial charge in [-0.25, -0.2) is 9.82 Å². The first-order valence-electron chi connectivity index (χ1n) is 6.73. The Morgan fingerprint density at radius 3 is 2.50 bits per heavy atom. The highest BCUT2D eigenvalue weighted by Crippen LogP contribution is 2.19. The Morgan fingerprint density at radius 1 is 1.17 bits per heavy atom. The molecule has 124 valence electrons. The predicted molar refractivity (Wildman–Crippen MR) is 88.8 cm³/mol. The fraction of sp³-hybridized carbons (Fsp3) is 0.0625. The molecular formula is C16H13ClFN3O3. The summed E-state index contributed by atoms with van der Waals surface area (Å²) < 4.78 is 18.0. The highest BCUT2D eigenvalue weighted by Gasteiger charge is 2.13. The number of methoxy groups -OCH3 is 1. The van der Waals surface area contributed by atoms with E-state index >= 15 is 0 Å². The summed E-state index contributed by atoms with van der Waals surface area (Å²) in [7, 11) is 1.55. The molecule has 0 aliphatic carbocycles. The minimum atomic E-state index is -0.972. The van der Waals surface area contributed by atoms with E-state index in [0.717, 1.165) is 6.07 Å². The van der Waals surface area contributed by atoms with E-state index in [-0.39, 0.29) is 10.7 Å². The van der Waals surface area contributed by atoms with Crippen LogP contribution in [0.15, 0.2) is 47.6 Å². The lowest BCUT2D eigenvalue weighted by Gasteiger charge is -2.04. The summed E-state index contributed by atoms with van der Waals surface area (Å²) in [6.07, 6.45) is 1.37. The number of nitrogens with one attached hydrogen (secondary N) is 2. The molecule has 2 N–H and O–H groups in total. The van der Waals surface area contributed by atoms with Crippen molar-refractivity contribution >= 4 is 35.3 Å². The summed E-state index contributed by atoms with van der Waals surface area (Å²) in [6, 6.07) is 10.5. The Labute approximate surface area is 142 Å². The maximum absolute atomic E-state index is 13.0. The quantitative estimate of drug-likeness (QED) is 0.506. The SMILES string of the molecule is COc1ccc(/C=N/NC(=O)C(=O)Nc2ccc(F)c(Cl)c2)cc1. The Hall–Kier alpha value is -2.93. The van der Waals surface area contributed by atoms with Gasteiger partial charge >= 0.3 is 11.8 Å². The van der Waals surface area contributed by atoms with Gasteiger partial charge in [-0.1, -0.05) is 11.6 Å². The standard InChI is InChI=1S/C16H13ClFN3O3/c1-24-12-5-2-10(3-6-12)9-19-21-16(23)15(22)20-11-4-7-14(18)13(17)8-11/h2-9H,1H3,(H,20,22)(H,21,23)/b19-9+. The molecule has 0 radical (unpaired) electrons. The van der Waals surface area contributed by atoms with Crippen LogP contribution in [0.3, 0.4) is 0 Å². The van der Waals surface area contributed by atoms with Crippen LogP contribution in [0.1, 0.15) is 5.56 Å². The van der Waals surface area contributed by atoms with Crippen molar-refractivity contribution in [3.63, 3.8) is 0 Å². The van der Waals surface area contributed by atoms with Gasteiger partial charge in [-0.2, -0.15) is 5.10 Å². The minimum Gasteiger partial charge on any atom is -0.497 e. The van der Waals surface area contributed by atoms with Crippen LogP contribution in [-0.4, -0.2) is 25.1 Å². The molecule has 0 unspecified atom stereocenters. The van der Waals surface area contributed by atoms with E-state index in [9.17, 15) is 14.0 Å². The van der Waals surface area contributed by atoms with Crippen LogP contribution in [0.4, 0.5) is 10.1 Å². The number of hydrogen-bond acceptors (Lipinski definition) is 4. The molecule has 0 heterocycles. The summed E-state index contributed by atoms with van der Waals surface area (Å²) in [5.41, 5.74) is 2.99. The molecule has 0 aliphatic heterocycles. The van der Waals surface area contributed by atoms with Gasteiger partial charge in [0.25, 0.3) is 0 Å². The number of anilines is 1. The molecule has 6 nitrogen and oxygen atoms in total. The second-order valence-electron chi connectivity index (χ2n) is 4.56. The van der Waals surface area contributed by atoms with Gasteiger partial charge in [-0.05, 0) is 48.0 Å². The fourth-order valence-electron chi connectivity index (χ4n) is 1.67. The molecular weight excluding hydrogens is 337 g/mol. The Balaban J connectivity index is 1.89. The average Bonchev–Trinajstić information content (AvgIpc) is 2.58. The summed E-state index contributed by atoms with van der Waals surface area (Å²) in [5.74, 6) is -1.86. The highest BCUT2D eigenvalue weighted by atomic mass is 35.5. The number of carbonyl (C=O) groups is 2. The number of carbonyl (C=O) groups excluding carboxylic acids is 2. The lowest BCUT2D eigenvalue weighted by Crippen LogP contribution is -2.32. The zero-order valence-electron chi connectivity index (χ0n) is 12.5. The summed E-state index contributed by atoms with van der Waals surface area (Å²) >= 11 is 5.59. The number of nitrogens with zero attached hydrogens (tertiary/aromatic N) is 1. The van der Waals surface area contributed by atoms with E-state index in [1.54, 1.807) is 31.4 Å². The molecule has 0 aliphatic rings. The van der Waals surface area contributed by atoms with Crippen molar-refractivity contribution in [2.45, 2.75) is 0 Å². The first kappa shape index (κ1) is 17.4. The van der Waals surface area contributed by atoms with Crippen molar-refractivity contribution in [3.05, 3.63) is 58.9 Å². The number of rotatable bonds is 4. The summed E-state index contributed by atoms with van der Waals surface area (Å²) in [5, 5.41) is 5.80. The Bertz CT molecular complexity index is 779. The van der Waals surface area contributed by atoms with Crippen LogP contribution >= 0.6 is 11.6 Å². The number of amides is 2. The molecule has 0 atom stereocenters. The average molecular weight is 350 g/mol.